The highest BCUT2D eigenvalue weighted by molar-refractivity contribution is 5.96. The van der Waals surface area contributed by atoms with Gasteiger partial charge in [0.1, 0.15) is 5.58 Å². The fraction of sp³-hybridized carbons (Fsp3) is 0.391. The molecule has 1 aliphatic carbocycles. The number of carbonyl (C=O) groups excluding carboxylic acids is 1. The number of nitrogens with one attached hydrogen (secondary N) is 1. The Morgan fingerprint density at radius 3 is 2.52 bits per heavy atom. The van der Waals surface area contributed by atoms with Crippen LogP contribution in [0.4, 0.5) is 4.39 Å². The quantitative estimate of drug-likeness (QED) is 0.627. The Balaban J connectivity index is 1.44. The largest absolute Gasteiger partial charge is 0.464 e. The van der Waals surface area contributed by atoms with E-state index in [0.29, 0.717) is 16.8 Å². The van der Waals surface area contributed by atoms with Gasteiger partial charge in [-0.1, -0.05) is 12.1 Å². The molecule has 0 atom stereocenters. The van der Waals surface area contributed by atoms with E-state index in [1.54, 1.807) is 30.3 Å². The first-order valence-electron chi connectivity index (χ1n) is 9.98. The van der Waals surface area contributed by atoms with Crippen LogP contribution < -0.4 is 5.32 Å². The van der Waals surface area contributed by atoms with Crippen LogP contribution in [-0.2, 0) is 0 Å². The minimum Gasteiger partial charge on any atom is -0.464 e. The summed E-state index contributed by atoms with van der Waals surface area (Å²) in [6.45, 7) is 3.70. The van der Waals surface area contributed by atoms with Gasteiger partial charge in [0.25, 0.3) is 5.91 Å². The Morgan fingerprint density at radius 1 is 1.17 bits per heavy atom. The molecule has 1 fully saturated rings. The van der Waals surface area contributed by atoms with Crippen molar-refractivity contribution >= 4 is 16.9 Å². The summed E-state index contributed by atoms with van der Waals surface area (Å²) in [5.41, 5.74) is 1.54. The molecule has 0 bridgehead atoms. The van der Waals surface area contributed by atoms with E-state index in [0.717, 1.165) is 36.6 Å². The standard InChI is InChI=1S/C23H25FN2O3/c1-23(2,28)16-7-9-17(10-8-16)25-22(27)15-5-3-14(4-6-15)21-18-11-12-29-19(18)13-20(24)26-21/h3-6,11-13,16-17,28H,7-10H2,1-2H3,(H,25,27)/t16-,17-. The first-order chi connectivity index (χ1) is 13.8. The Bertz CT molecular complexity index is 1010. The van der Waals surface area contributed by atoms with Crippen LogP contribution in [0.15, 0.2) is 47.1 Å². The number of pyridine rings is 1. The summed E-state index contributed by atoms with van der Waals surface area (Å²) in [4.78, 5) is 16.6. The van der Waals surface area contributed by atoms with Crippen molar-refractivity contribution in [3.63, 3.8) is 0 Å². The van der Waals surface area contributed by atoms with Crippen LogP contribution in [0.25, 0.3) is 22.2 Å². The van der Waals surface area contributed by atoms with Crippen molar-refractivity contribution in [1.29, 1.82) is 0 Å². The van der Waals surface area contributed by atoms with Crippen molar-refractivity contribution in [3.05, 3.63) is 54.2 Å². The van der Waals surface area contributed by atoms with Gasteiger partial charge in [0.2, 0.25) is 5.95 Å². The molecular formula is C23H25FN2O3. The molecule has 5 nitrogen and oxygen atoms in total. The molecular weight excluding hydrogens is 371 g/mol. The van der Waals surface area contributed by atoms with Gasteiger partial charge in [-0.3, -0.25) is 4.79 Å². The molecule has 4 rings (SSSR count). The topological polar surface area (TPSA) is 75.4 Å². The SMILES string of the molecule is CC(C)(O)[C@H]1CC[C@H](NC(=O)c2ccc(-c3nc(F)cc4occc34)cc2)CC1. The van der Waals surface area contributed by atoms with Crippen LogP contribution in [0, 0.1) is 11.9 Å². The number of nitrogens with zero attached hydrogens (tertiary/aromatic N) is 1. The van der Waals surface area contributed by atoms with Crippen molar-refractivity contribution in [1.82, 2.24) is 10.3 Å². The number of rotatable bonds is 4. The average Bonchev–Trinajstić information content (AvgIpc) is 3.15. The molecule has 0 saturated heterocycles. The van der Waals surface area contributed by atoms with E-state index in [4.69, 9.17) is 4.42 Å². The number of carbonyl (C=O) groups is 1. The summed E-state index contributed by atoms with van der Waals surface area (Å²) in [5, 5.41) is 14.0. The predicted molar refractivity (Wildman–Crippen MR) is 109 cm³/mol. The van der Waals surface area contributed by atoms with Crippen molar-refractivity contribution in [2.24, 2.45) is 5.92 Å². The molecule has 0 aliphatic heterocycles. The lowest BCUT2D eigenvalue weighted by atomic mass is 9.77. The Kier molecular flexibility index (Phi) is 5.13. The Morgan fingerprint density at radius 2 is 1.86 bits per heavy atom. The molecule has 1 aliphatic rings. The first kappa shape index (κ1) is 19.6. The van der Waals surface area contributed by atoms with Gasteiger partial charge in [-0.2, -0.15) is 4.39 Å². The number of halogens is 1. The molecule has 3 aromatic rings. The number of amides is 1. The van der Waals surface area contributed by atoms with E-state index in [2.05, 4.69) is 10.3 Å². The van der Waals surface area contributed by atoms with Crippen molar-refractivity contribution in [2.45, 2.75) is 51.2 Å². The zero-order chi connectivity index (χ0) is 20.6. The van der Waals surface area contributed by atoms with Crippen LogP contribution in [0.2, 0.25) is 0 Å². The molecule has 1 aromatic carbocycles. The van der Waals surface area contributed by atoms with E-state index in [1.807, 2.05) is 13.8 Å². The van der Waals surface area contributed by atoms with Gasteiger partial charge >= 0.3 is 0 Å². The summed E-state index contributed by atoms with van der Waals surface area (Å²) >= 11 is 0. The summed E-state index contributed by atoms with van der Waals surface area (Å²) in [6.07, 6.45) is 5.04. The van der Waals surface area contributed by atoms with E-state index in [-0.39, 0.29) is 17.9 Å². The fourth-order valence-electron chi connectivity index (χ4n) is 4.15. The third kappa shape index (κ3) is 4.17. The van der Waals surface area contributed by atoms with Gasteiger partial charge in [-0.25, -0.2) is 4.98 Å². The maximum Gasteiger partial charge on any atom is 0.251 e. The number of fused-ring (bicyclic) bond motifs is 1. The van der Waals surface area contributed by atoms with Crippen LogP contribution in [0.1, 0.15) is 49.9 Å². The minimum absolute atomic E-state index is 0.121. The van der Waals surface area contributed by atoms with Gasteiger partial charge in [-0.05, 0) is 63.6 Å². The van der Waals surface area contributed by atoms with Crippen LogP contribution in [0.3, 0.4) is 0 Å². The maximum atomic E-state index is 13.8. The van der Waals surface area contributed by atoms with E-state index in [1.165, 1.54) is 12.3 Å². The van der Waals surface area contributed by atoms with Crippen LogP contribution in [-0.4, -0.2) is 27.6 Å². The monoisotopic (exact) mass is 396 g/mol. The number of aliphatic hydroxyl groups is 1. The second kappa shape index (κ2) is 7.59. The van der Waals surface area contributed by atoms with Gasteiger partial charge in [0.05, 0.1) is 17.6 Å². The van der Waals surface area contributed by atoms with Gasteiger partial charge in [0, 0.05) is 28.6 Å². The lowest BCUT2D eigenvalue weighted by Crippen LogP contribution is -2.41. The van der Waals surface area contributed by atoms with Crippen molar-refractivity contribution < 1.29 is 18.7 Å². The molecule has 6 heteroatoms. The summed E-state index contributed by atoms with van der Waals surface area (Å²) in [7, 11) is 0. The Hall–Kier alpha value is -2.73. The average molecular weight is 396 g/mol. The molecule has 1 amide bonds. The number of hydrogen-bond acceptors (Lipinski definition) is 4. The molecule has 0 unspecified atom stereocenters. The fourth-order valence-corrected chi connectivity index (χ4v) is 4.15. The van der Waals surface area contributed by atoms with Crippen molar-refractivity contribution in [3.8, 4) is 11.3 Å². The normalized spacial score (nSPS) is 20.0. The molecule has 0 radical (unpaired) electrons. The number of furan rings is 1. The third-order valence-electron chi connectivity index (χ3n) is 5.90. The molecule has 2 heterocycles. The Labute approximate surface area is 168 Å². The highest BCUT2D eigenvalue weighted by atomic mass is 19.1. The molecule has 2 aromatic heterocycles. The van der Waals surface area contributed by atoms with Crippen molar-refractivity contribution in [2.75, 3.05) is 0 Å². The predicted octanol–water partition coefficient (Wildman–Crippen LogP) is 4.69. The third-order valence-corrected chi connectivity index (χ3v) is 5.90. The zero-order valence-electron chi connectivity index (χ0n) is 16.6. The van der Waals surface area contributed by atoms with Crippen LogP contribution in [0.5, 0.6) is 0 Å². The lowest BCUT2D eigenvalue weighted by molar-refractivity contribution is -0.00257. The molecule has 0 spiro atoms. The molecule has 2 N–H and O–H groups in total. The molecule has 152 valence electrons. The smallest absolute Gasteiger partial charge is 0.251 e. The molecule has 1 saturated carbocycles. The maximum absolute atomic E-state index is 13.8. The number of aromatic nitrogens is 1. The van der Waals surface area contributed by atoms with Gasteiger partial charge in [-0.15, -0.1) is 0 Å². The van der Waals surface area contributed by atoms with E-state index >= 15 is 0 Å². The number of hydrogen-bond donors (Lipinski definition) is 2. The summed E-state index contributed by atoms with van der Waals surface area (Å²) < 4.78 is 19.1. The summed E-state index contributed by atoms with van der Waals surface area (Å²) in [6, 6.07) is 10.1. The second-order valence-electron chi connectivity index (χ2n) is 8.38. The van der Waals surface area contributed by atoms with Gasteiger partial charge < -0.3 is 14.8 Å². The number of benzene rings is 1. The lowest BCUT2D eigenvalue weighted by Gasteiger charge is -2.36. The minimum atomic E-state index is -0.670. The van der Waals surface area contributed by atoms with Gasteiger partial charge in [0.15, 0.2) is 0 Å². The molecule has 29 heavy (non-hydrogen) atoms. The highest BCUT2D eigenvalue weighted by Gasteiger charge is 2.31. The first-order valence-corrected chi connectivity index (χ1v) is 9.98. The van der Waals surface area contributed by atoms with E-state index in [9.17, 15) is 14.3 Å². The second-order valence-corrected chi connectivity index (χ2v) is 8.38. The highest BCUT2D eigenvalue weighted by Crippen LogP contribution is 2.33. The zero-order valence-corrected chi connectivity index (χ0v) is 16.6. The van der Waals surface area contributed by atoms with E-state index < -0.39 is 11.5 Å². The van der Waals surface area contributed by atoms with Crippen LogP contribution >= 0.6 is 0 Å². The summed E-state index contributed by atoms with van der Waals surface area (Å²) in [5.74, 6) is -0.455.